The van der Waals surface area contributed by atoms with E-state index in [9.17, 15) is 26.4 Å². The lowest BCUT2D eigenvalue weighted by Gasteiger charge is -2.31. The van der Waals surface area contributed by atoms with E-state index in [1.807, 2.05) is 17.5 Å². The zero-order valence-corrected chi connectivity index (χ0v) is 18.9. The molecule has 0 unspecified atom stereocenters. The Kier molecular flexibility index (Phi) is 6.55. The van der Waals surface area contributed by atoms with E-state index in [0.717, 1.165) is 33.1 Å². The maximum Gasteiger partial charge on any atom is 0.417 e. The Balaban J connectivity index is 1.42. The third-order valence-electron chi connectivity index (χ3n) is 5.44. The topological polar surface area (TPSA) is 79.4 Å². The summed E-state index contributed by atoms with van der Waals surface area (Å²) in [6.07, 6.45) is -2.66. The summed E-state index contributed by atoms with van der Waals surface area (Å²) in [5.74, 6) is -0.697. The second-order valence-electron chi connectivity index (χ2n) is 7.58. The average Bonchev–Trinajstić information content (AvgIpc) is 3.34. The van der Waals surface area contributed by atoms with Gasteiger partial charge in [0.15, 0.2) is 0 Å². The van der Waals surface area contributed by atoms with Crippen molar-refractivity contribution in [3.05, 3.63) is 65.7 Å². The van der Waals surface area contributed by atoms with Gasteiger partial charge in [-0.1, -0.05) is 24.3 Å². The molecular formula is C22H20F3N3O3S2. The van der Waals surface area contributed by atoms with Crippen LogP contribution < -0.4 is 5.32 Å². The van der Waals surface area contributed by atoms with Gasteiger partial charge in [0.05, 0.1) is 10.5 Å². The van der Waals surface area contributed by atoms with Crippen LogP contribution in [0.5, 0.6) is 0 Å². The first-order valence-electron chi connectivity index (χ1n) is 10.1. The molecule has 2 aromatic carbocycles. The van der Waals surface area contributed by atoms with E-state index >= 15 is 0 Å². The molecule has 33 heavy (non-hydrogen) atoms. The van der Waals surface area contributed by atoms with Gasteiger partial charge >= 0.3 is 6.18 Å². The van der Waals surface area contributed by atoms with Crippen LogP contribution in [0.2, 0.25) is 0 Å². The predicted molar refractivity (Wildman–Crippen MR) is 119 cm³/mol. The summed E-state index contributed by atoms with van der Waals surface area (Å²) in [6, 6.07) is 11.4. The lowest BCUT2D eigenvalue weighted by molar-refractivity contribution is -0.139. The fourth-order valence-electron chi connectivity index (χ4n) is 3.76. The zero-order chi connectivity index (χ0) is 23.6. The van der Waals surface area contributed by atoms with E-state index in [1.54, 1.807) is 18.3 Å². The Morgan fingerprint density at radius 1 is 1.09 bits per heavy atom. The summed E-state index contributed by atoms with van der Waals surface area (Å²) in [7, 11) is -4.34. The molecule has 11 heteroatoms. The van der Waals surface area contributed by atoms with Gasteiger partial charge in [0.2, 0.25) is 15.9 Å². The van der Waals surface area contributed by atoms with Crippen molar-refractivity contribution in [1.82, 2.24) is 9.29 Å². The van der Waals surface area contributed by atoms with E-state index in [4.69, 9.17) is 0 Å². The van der Waals surface area contributed by atoms with E-state index in [0.29, 0.717) is 5.69 Å². The number of amides is 1. The number of nitrogens with zero attached hydrogens (tertiary/aromatic N) is 2. The number of rotatable bonds is 5. The highest BCUT2D eigenvalue weighted by atomic mass is 32.2. The van der Waals surface area contributed by atoms with Crippen LogP contribution in [0.3, 0.4) is 0 Å². The molecule has 1 aliphatic rings. The first-order chi connectivity index (χ1) is 15.7. The number of aromatic nitrogens is 1. The van der Waals surface area contributed by atoms with Crippen molar-refractivity contribution in [3.8, 4) is 10.6 Å². The number of alkyl halides is 3. The molecule has 0 bridgehead atoms. The number of carbonyl (C=O) groups excluding carboxylic acids is 1. The molecule has 1 fully saturated rings. The Bertz CT molecular complexity index is 1240. The number of anilines is 1. The Morgan fingerprint density at radius 2 is 1.82 bits per heavy atom. The fourth-order valence-corrected chi connectivity index (χ4v) is 6.08. The third-order valence-corrected chi connectivity index (χ3v) is 8.22. The molecule has 4 rings (SSSR count). The monoisotopic (exact) mass is 495 g/mol. The van der Waals surface area contributed by atoms with Crippen molar-refractivity contribution >= 4 is 33.0 Å². The van der Waals surface area contributed by atoms with Crippen molar-refractivity contribution < 1.29 is 26.4 Å². The van der Waals surface area contributed by atoms with Gasteiger partial charge in [-0.15, -0.1) is 11.3 Å². The maximum atomic E-state index is 13.3. The number of piperidine rings is 1. The van der Waals surface area contributed by atoms with Crippen molar-refractivity contribution in [2.75, 3.05) is 18.4 Å². The summed E-state index contributed by atoms with van der Waals surface area (Å²) in [4.78, 5) is 16.2. The molecule has 0 saturated carbocycles. The smallest absolute Gasteiger partial charge is 0.326 e. The molecule has 1 aliphatic heterocycles. The quantitative estimate of drug-likeness (QED) is 0.548. The van der Waals surface area contributed by atoms with Gasteiger partial charge in [-0.25, -0.2) is 13.4 Å². The number of benzene rings is 2. The predicted octanol–water partition coefficient (Wildman–Crippen LogP) is 4.87. The molecule has 174 valence electrons. The molecule has 0 atom stereocenters. The third kappa shape index (κ3) is 5.10. The van der Waals surface area contributed by atoms with Crippen LogP contribution in [0.25, 0.3) is 10.6 Å². The Hall–Kier alpha value is -2.76. The van der Waals surface area contributed by atoms with Crippen molar-refractivity contribution in [2.45, 2.75) is 23.9 Å². The van der Waals surface area contributed by atoms with E-state index in [2.05, 4.69) is 10.3 Å². The molecule has 0 aliphatic carbocycles. The van der Waals surface area contributed by atoms with Gasteiger partial charge in [0.25, 0.3) is 0 Å². The number of halogens is 3. The molecule has 2 heterocycles. The van der Waals surface area contributed by atoms with Crippen LogP contribution in [0, 0.1) is 5.92 Å². The molecular weight excluding hydrogens is 475 g/mol. The normalized spacial score (nSPS) is 16.0. The van der Waals surface area contributed by atoms with Crippen molar-refractivity contribution in [1.29, 1.82) is 0 Å². The molecule has 3 aromatic rings. The number of hydrogen-bond donors (Lipinski definition) is 1. The van der Waals surface area contributed by atoms with Gasteiger partial charge < -0.3 is 5.32 Å². The number of sulfonamides is 1. The molecule has 1 amide bonds. The number of thiazole rings is 1. The Morgan fingerprint density at radius 3 is 2.48 bits per heavy atom. The van der Waals surface area contributed by atoms with Gasteiger partial charge in [0.1, 0.15) is 5.01 Å². The van der Waals surface area contributed by atoms with Gasteiger partial charge in [-0.3, -0.25) is 4.79 Å². The molecule has 1 N–H and O–H groups in total. The largest absolute Gasteiger partial charge is 0.417 e. The second-order valence-corrected chi connectivity index (χ2v) is 10.4. The number of nitrogens with one attached hydrogen (secondary N) is 1. The molecule has 0 spiro atoms. The standard InChI is InChI=1S/C22H20F3N3O3S2/c23-22(24,25)18-6-1-2-7-19(18)33(30,31)28-11-8-15(9-12-28)20(29)27-17-5-3-4-16(14-17)21-26-10-13-32-21/h1-7,10,13-15H,8-9,11-12H2,(H,27,29). The number of hydrogen-bond acceptors (Lipinski definition) is 5. The van der Waals surface area contributed by atoms with Gasteiger partial charge in [0, 0.05) is 41.8 Å². The summed E-state index contributed by atoms with van der Waals surface area (Å²) in [6.45, 7) is -0.0719. The maximum absolute atomic E-state index is 13.3. The van der Waals surface area contributed by atoms with Crippen LogP contribution >= 0.6 is 11.3 Å². The van der Waals surface area contributed by atoms with Gasteiger partial charge in [-0.2, -0.15) is 17.5 Å². The summed E-state index contributed by atoms with van der Waals surface area (Å²) in [5.41, 5.74) is 0.277. The van der Waals surface area contributed by atoms with Crippen LogP contribution in [0.1, 0.15) is 18.4 Å². The second kappa shape index (κ2) is 9.24. The summed E-state index contributed by atoms with van der Waals surface area (Å²) < 4.78 is 66.7. The van der Waals surface area contributed by atoms with Crippen molar-refractivity contribution in [2.24, 2.45) is 5.92 Å². The van der Waals surface area contributed by atoms with E-state index in [-0.39, 0.29) is 31.8 Å². The van der Waals surface area contributed by atoms with Crippen LogP contribution in [0.4, 0.5) is 18.9 Å². The summed E-state index contributed by atoms with van der Waals surface area (Å²) >= 11 is 1.48. The Labute approximate surface area is 193 Å². The highest BCUT2D eigenvalue weighted by Gasteiger charge is 2.40. The summed E-state index contributed by atoms with van der Waals surface area (Å²) in [5, 5.41) is 5.53. The van der Waals surface area contributed by atoms with Crippen LogP contribution in [-0.2, 0) is 21.0 Å². The number of carbonyl (C=O) groups is 1. The highest BCUT2D eigenvalue weighted by Crippen LogP contribution is 2.36. The van der Waals surface area contributed by atoms with Crippen LogP contribution in [-0.4, -0.2) is 36.7 Å². The lowest BCUT2D eigenvalue weighted by Crippen LogP contribution is -2.41. The SMILES string of the molecule is O=C(Nc1cccc(-c2nccs2)c1)C1CCN(S(=O)(=O)c2ccccc2C(F)(F)F)CC1. The van der Waals surface area contributed by atoms with Crippen molar-refractivity contribution in [3.63, 3.8) is 0 Å². The zero-order valence-electron chi connectivity index (χ0n) is 17.2. The van der Waals surface area contributed by atoms with E-state index < -0.39 is 32.6 Å². The minimum absolute atomic E-state index is 0.0359. The molecule has 1 aromatic heterocycles. The fraction of sp³-hybridized carbons (Fsp3) is 0.273. The molecule has 1 saturated heterocycles. The molecule has 6 nitrogen and oxygen atoms in total. The van der Waals surface area contributed by atoms with E-state index in [1.165, 1.54) is 17.4 Å². The van der Waals surface area contributed by atoms with Crippen LogP contribution in [0.15, 0.2) is 65.0 Å². The highest BCUT2D eigenvalue weighted by molar-refractivity contribution is 7.89. The average molecular weight is 496 g/mol. The minimum atomic E-state index is -4.78. The van der Waals surface area contributed by atoms with Gasteiger partial charge in [-0.05, 0) is 37.1 Å². The molecule has 0 radical (unpaired) electrons. The lowest BCUT2D eigenvalue weighted by atomic mass is 9.97. The minimum Gasteiger partial charge on any atom is -0.326 e. The first kappa shape index (κ1) is 23.4. The first-order valence-corrected chi connectivity index (χ1v) is 12.5.